The van der Waals surface area contributed by atoms with E-state index in [0.29, 0.717) is 50.8 Å². The molecule has 3 N–H and O–H groups in total. The summed E-state index contributed by atoms with van der Waals surface area (Å²) in [5, 5.41) is 3.99. The maximum atomic E-state index is 13.7. The van der Waals surface area contributed by atoms with Crippen LogP contribution in [-0.4, -0.2) is 61.4 Å². The number of nitrogens with two attached hydrogens (primary N) is 1. The minimum atomic E-state index is -0.637. The Kier molecular flexibility index (Phi) is 6.50. The number of halogens is 1. The number of fused-ring (bicyclic) bond motifs is 3. The standard InChI is InChI=1S/C25H24BrN7O4/c1-13-6-8-17(24(35)31-19-5-3-4-18(26)30-19)33(13)20(34)11-32-16-9-7-14(25(36)37-2)10-15(16)21-22(27)28-12-29-23(21)32/h3-5,7,9-10,12-13,17H,6,8,11H2,1-2H3,(H2,27,28,29)(H,30,31,35)/t13-,17+/m1/s1. The summed E-state index contributed by atoms with van der Waals surface area (Å²) in [7, 11) is 1.31. The highest BCUT2D eigenvalue weighted by atomic mass is 79.9. The highest BCUT2D eigenvalue weighted by Gasteiger charge is 2.39. The van der Waals surface area contributed by atoms with E-state index in [1.54, 1.807) is 45.9 Å². The van der Waals surface area contributed by atoms with Gasteiger partial charge in [0.2, 0.25) is 11.8 Å². The lowest BCUT2D eigenvalue weighted by molar-refractivity contribution is -0.138. The number of esters is 1. The second-order valence-corrected chi connectivity index (χ2v) is 9.66. The van der Waals surface area contributed by atoms with Crippen molar-refractivity contribution in [1.29, 1.82) is 0 Å². The van der Waals surface area contributed by atoms with Crippen molar-refractivity contribution in [2.24, 2.45) is 0 Å². The Bertz CT molecular complexity index is 1550. The van der Waals surface area contributed by atoms with Crippen LogP contribution in [0.2, 0.25) is 0 Å². The Labute approximate surface area is 220 Å². The van der Waals surface area contributed by atoms with E-state index in [-0.39, 0.29) is 30.2 Å². The van der Waals surface area contributed by atoms with Crippen molar-refractivity contribution >= 4 is 67.3 Å². The molecular weight excluding hydrogens is 542 g/mol. The van der Waals surface area contributed by atoms with Gasteiger partial charge >= 0.3 is 5.97 Å². The third-order valence-corrected chi connectivity index (χ3v) is 7.05. The molecule has 0 unspecified atom stereocenters. The van der Waals surface area contributed by atoms with Gasteiger partial charge in [-0.15, -0.1) is 0 Å². The maximum Gasteiger partial charge on any atom is 0.337 e. The van der Waals surface area contributed by atoms with Crippen molar-refractivity contribution in [2.45, 2.75) is 38.4 Å². The van der Waals surface area contributed by atoms with Gasteiger partial charge in [-0.2, -0.15) is 0 Å². The average Bonchev–Trinajstić information content (AvgIpc) is 3.42. The summed E-state index contributed by atoms with van der Waals surface area (Å²) < 4.78 is 7.18. The van der Waals surface area contributed by atoms with E-state index in [2.05, 4.69) is 36.2 Å². The molecule has 0 aliphatic carbocycles. The number of aromatic nitrogens is 4. The fourth-order valence-corrected chi connectivity index (χ4v) is 5.25. The molecule has 3 aromatic heterocycles. The number of carbonyl (C=O) groups is 3. The van der Waals surface area contributed by atoms with Gasteiger partial charge in [0, 0.05) is 11.4 Å². The van der Waals surface area contributed by atoms with Crippen molar-refractivity contribution in [3.8, 4) is 0 Å². The SMILES string of the molecule is COC(=O)c1ccc2c(c1)c1c(N)ncnc1n2CC(=O)N1[C@H](C)CC[C@H]1C(=O)Nc1cccc(Br)n1. The zero-order valence-electron chi connectivity index (χ0n) is 20.1. The van der Waals surface area contributed by atoms with Crippen LogP contribution in [0, 0.1) is 0 Å². The van der Waals surface area contributed by atoms with Gasteiger partial charge in [0.15, 0.2) is 0 Å². The summed E-state index contributed by atoms with van der Waals surface area (Å²) in [6.45, 7) is 1.86. The smallest absolute Gasteiger partial charge is 0.337 e. The second-order valence-electron chi connectivity index (χ2n) is 8.85. The number of nitrogens with zero attached hydrogens (tertiary/aromatic N) is 5. The number of carbonyl (C=O) groups excluding carboxylic acids is 3. The average molecular weight is 566 g/mol. The van der Waals surface area contributed by atoms with Gasteiger partial charge in [0.1, 0.15) is 40.8 Å². The molecule has 2 amide bonds. The Morgan fingerprint density at radius 3 is 2.76 bits per heavy atom. The first-order valence-corrected chi connectivity index (χ1v) is 12.4. The van der Waals surface area contributed by atoms with Gasteiger partial charge in [-0.1, -0.05) is 6.07 Å². The van der Waals surface area contributed by atoms with E-state index in [9.17, 15) is 14.4 Å². The fraction of sp³-hybridized carbons (Fsp3) is 0.280. The summed E-state index contributed by atoms with van der Waals surface area (Å²) >= 11 is 3.30. The van der Waals surface area contributed by atoms with Crippen LogP contribution < -0.4 is 11.1 Å². The topological polar surface area (TPSA) is 145 Å². The van der Waals surface area contributed by atoms with Crippen molar-refractivity contribution in [2.75, 3.05) is 18.2 Å². The molecule has 4 heterocycles. The zero-order valence-corrected chi connectivity index (χ0v) is 21.7. The second kappa shape index (κ2) is 9.77. The molecule has 0 saturated carbocycles. The molecule has 5 rings (SSSR count). The Morgan fingerprint density at radius 1 is 1.19 bits per heavy atom. The predicted octanol–water partition coefficient (Wildman–Crippen LogP) is 3.13. The Hall–Kier alpha value is -4.06. The van der Waals surface area contributed by atoms with Crippen molar-refractivity contribution < 1.29 is 19.1 Å². The molecule has 37 heavy (non-hydrogen) atoms. The monoisotopic (exact) mass is 565 g/mol. The maximum absolute atomic E-state index is 13.7. The van der Waals surface area contributed by atoms with E-state index in [1.165, 1.54) is 13.4 Å². The van der Waals surface area contributed by atoms with Crippen LogP contribution in [0.3, 0.4) is 0 Å². The first-order valence-electron chi connectivity index (χ1n) is 11.6. The van der Waals surface area contributed by atoms with E-state index in [1.807, 2.05) is 6.92 Å². The van der Waals surface area contributed by atoms with Gasteiger partial charge in [0.25, 0.3) is 0 Å². The number of rotatable bonds is 5. The van der Waals surface area contributed by atoms with Gasteiger partial charge in [-0.25, -0.2) is 19.7 Å². The van der Waals surface area contributed by atoms with Gasteiger partial charge in [0.05, 0.1) is 23.6 Å². The molecule has 4 aromatic rings. The van der Waals surface area contributed by atoms with Crippen LogP contribution in [0.4, 0.5) is 11.6 Å². The summed E-state index contributed by atoms with van der Waals surface area (Å²) in [5.41, 5.74) is 7.64. The largest absolute Gasteiger partial charge is 0.465 e. The molecule has 1 aromatic carbocycles. The molecule has 1 aliphatic rings. The number of amides is 2. The van der Waals surface area contributed by atoms with Crippen molar-refractivity contribution in [1.82, 2.24) is 24.4 Å². The molecular formula is C25H24BrN7O4. The molecule has 0 radical (unpaired) electrons. The number of hydrogen-bond donors (Lipinski definition) is 2. The molecule has 0 bridgehead atoms. The summed E-state index contributed by atoms with van der Waals surface area (Å²) in [5.74, 6) is -0.381. The quantitative estimate of drug-likeness (QED) is 0.277. The van der Waals surface area contributed by atoms with Crippen LogP contribution in [0.15, 0.2) is 47.3 Å². The molecule has 1 fully saturated rings. The minimum Gasteiger partial charge on any atom is -0.465 e. The molecule has 11 nitrogen and oxygen atoms in total. The van der Waals surface area contributed by atoms with Crippen LogP contribution in [0.5, 0.6) is 0 Å². The fourth-order valence-electron chi connectivity index (χ4n) is 4.91. The highest BCUT2D eigenvalue weighted by Crippen LogP contribution is 2.33. The van der Waals surface area contributed by atoms with E-state index in [4.69, 9.17) is 10.5 Å². The number of ether oxygens (including phenoxy) is 1. The third-order valence-electron chi connectivity index (χ3n) is 6.61. The number of hydrogen-bond acceptors (Lipinski definition) is 8. The van der Waals surface area contributed by atoms with Crippen molar-refractivity contribution in [3.63, 3.8) is 0 Å². The molecule has 190 valence electrons. The van der Waals surface area contributed by atoms with Crippen molar-refractivity contribution in [3.05, 3.63) is 52.9 Å². The van der Waals surface area contributed by atoms with Gasteiger partial charge in [-0.05, 0) is 66.0 Å². The van der Waals surface area contributed by atoms with E-state index < -0.39 is 12.0 Å². The summed E-state index contributed by atoms with van der Waals surface area (Å²) in [6.07, 6.45) is 2.57. The van der Waals surface area contributed by atoms with Crippen LogP contribution >= 0.6 is 15.9 Å². The number of nitrogen functional groups attached to an aromatic ring is 1. The Balaban J connectivity index is 1.49. The lowest BCUT2D eigenvalue weighted by Gasteiger charge is -2.28. The number of pyridine rings is 1. The highest BCUT2D eigenvalue weighted by molar-refractivity contribution is 9.10. The van der Waals surface area contributed by atoms with E-state index >= 15 is 0 Å². The van der Waals surface area contributed by atoms with Crippen LogP contribution in [0.25, 0.3) is 21.9 Å². The first kappa shape index (κ1) is 24.6. The number of likely N-dealkylation sites (tertiary alicyclic amines) is 1. The lowest BCUT2D eigenvalue weighted by atomic mass is 10.1. The summed E-state index contributed by atoms with van der Waals surface area (Å²) in [6, 6.07) is 9.47. The van der Waals surface area contributed by atoms with Gasteiger partial charge < -0.3 is 25.3 Å². The molecule has 2 atom stereocenters. The summed E-state index contributed by atoms with van der Waals surface area (Å²) in [4.78, 5) is 53.3. The number of methoxy groups -OCH3 is 1. The normalized spacial score (nSPS) is 17.3. The molecule has 0 spiro atoms. The number of nitrogens with one attached hydrogen (secondary N) is 1. The lowest BCUT2D eigenvalue weighted by Crippen LogP contribution is -2.47. The predicted molar refractivity (Wildman–Crippen MR) is 141 cm³/mol. The zero-order chi connectivity index (χ0) is 26.3. The molecule has 12 heteroatoms. The van der Waals surface area contributed by atoms with Gasteiger partial charge in [-0.3, -0.25) is 9.59 Å². The molecule has 1 aliphatic heterocycles. The number of anilines is 2. The third kappa shape index (κ3) is 4.48. The van der Waals surface area contributed by atoms with E-state index in [0.717, 1.165) is 0 Å². The molecule has 1 saturated heterocycles. The minimum absolute atomic E-state index is 0.0721. The van der Waals surface area contributed by atoms with Crippen LogP contribution in [0.1, 0.15) is 30.1 Å². The number of benzene rings is 1. The van der Waals surface area contributed by atoms with Crippen LogP contribution in [-0.2, 0) is 20.9 Å². The Morgan fingerprint density at radius 2 is 2.00 bits per heavy atom. The first-order chi connectivity index (χ1) is 17.8.